The Morgan fingerprint density at radius 3 is 2.71 bits per heavy atom. The Bertz CT molecular complexity index is 632. The predicted octanol–water partition coefficient (Wildman–Crippen LogP) is 0.817. The number of carbonyl (C=O) groups excluding carboxylic acids is 3. The van der Waals surface area contributed by atoms with Crippen LogP contribution in [0.3, 0.4) is 0 Å². The number of nitro groups is 1. The van der Waals surface area contributed by atoms with E-state index in [4.69, 9.17) is 4.74 Å². The highest BCUT2D eigenvalue weighted by molar-refractivity contribution is 5.88. The van der Waals surface area contributed by atoms with Gasteiger partial charge in [-0.15, -0.1) is 0 Å². The molecule has 0 unspecified atom stereocenters. The molecule has 0 bridgehead atoms. The third-order valence-electron chi connectivity index (χ3n) is 3.01. The van der Waals surface area contributed by atoms with E-state index in [2.05, 4.69) is 10.6 Å². The Labute approximate surface area is 138 Å². The van der Waals surface area contributed by atoms with Crippen molar-refractivity contribution in [3.05, 3.63) is 33.9 Å². The maximum absolute atomic E-state index is 11.8. The summed E-state index contributed by atoms with van der Waals surface area (Å²) in [6.45, 7) is 3.53. The van der Waals surface area contributed by atoms with Gasteiger partial charge in [-0.3, -0.25) is 24.5 Å². The van der Waals surface area contributed by atoms with Crippen molar-refractivity contribution < 1.29 is 24.0 Å². The van der Waals surface area contributed by atoms with Gasteiger partial charge in [0.2, 0.25) is 5.91 Å². The van der Waals surface area contributed by atoms with Crippen LogP contribution in [0.25, 0.3) is 0 Å². The summed E-state index contributed by atoms with van der Waals surface area (Å²) in [5.41, 5.74) is -0.291. The molecule has 9 nitrogen and oxygen atoms in total. The molecule has 0 fully saturated rings. The van der Waals surface area contributed by atoms with Gasteiger partial charge in [0.05, 0.1) is 10.5 Å². The summed E-state index contributed by atoms with van der Waals surface area (Å²) in [6.07, 6.45) is 1.19. The van der Waals surface area contributed by atoms with Gasteiger partial charge in [0.15, 0.2) is 12.9 Å². The molecule has 2 N–H and O–H groups in total. The van der Waals surface area contributed by atoms with Crippen molar-refractivity contribution in [3.8, 4) is 5.75 Å². The van der Waals surface area contributed by atoms with Crippen LogP contribution in [0.2, 0.25) is 0 Å². The fourth-order valence-electron chi connectivity index (χ4n) is 1.77. The van der Waals surface area contributed by atoms with Crippen molar-refractivity contribution >= 4 is 23.8 Å². The van der Waals surface area contributed by atoms with E-state index in [0.29, 0.717) is 12.8 Å². The van der Waals surface area contributed by atoms with Crippen molar-refractivity contribution in [2.45, 2.75) is 26.3 Å². The number of non-ortho nitro benzene ring substituents is 1. The smallest absolute Gasteiger partial charge is 0.270 e. The van der Waals surface area contributed by atoms with Crippen molar-refractivity contribution in [3.63, 3.8) is 0 Å². The average molecular weight is 337 g/mol. The van der Waals surface area contributed by atoms with Crippen LogP contribution >= 0.6 is 0 Å². The molecule has 2 amide bonds. The second-order valence-corrected chi connectivity index (χ2v) is 4.97. The maximum atomic E-state index is 11.8. The third-order valence-corrected chi connectivity index (χ3v) is 3.01. The molecule has 1 aromatic rings. The van der Waals surface area contributed by atoms with Crippen molar-refractivity contribution in [2.24, 2.45) is 0 Å². The molecule has 0 saturated heterocycles. The average Bonchev–Trinajstić information content (AvgIpc) is 2.57. The largest absolute Gasteiger partial charge is 0.483 e. The predicted molar refractivity (Wildman–Crippen MR) is 84.9 cm³/mol. The van der Waals surface area contributed by atoms with Crippen LogP contribution in [-0.4, -0.2) is 42.2 Å². The van der Waals surface area contributed by atoms with Gasteiger partial charge in [0, 0.05) is 18.7 Å². The summed E-state index contributed by atoms with van der Waals surface area (Å²) >= 11 is 0. The lowest BCUT2D eigenvalue weighted by Gasteiger charge is -2.14. The van der Waals surface area contributed by atoms with Crippen LogP contribution in [0.15, 0.2) is 18.2 Å². The normalized spacial score (nSPS) is 11.2. The number of nitro benzene ring substituents is 1. The van der Waals surface area contributed by atoms with Gasteiger partial charge in [-0.1, -0.05) is 6.92 Å². The first-order valence-corrected chi connectivity index (χ1v) is 7.32. The van der Waals surface area contributed by atoms with Crippen molar-refractivity contribution in [1.29, 1.82) is 0 Å². The second-order valence-electron chi connectivity index (χ2n) is 4.97. The molecule has 24 heavy (non-hydrogen) atoms. The zero-order chi connectivity index (χ0) is 18.1. The molecule has 0 aliphatic heterocycles. The van der Waals surface area contributed by atoms with Crippen molar-refractivity contribution in [2.75, 3.05) is 13.2 Å². The molecule has 0 heterocycles. The quantitative estimate of drug-likeness (QED) is 0.390. The number of carbonyl (C=O) groups is 3. The summed E-state index contributed by atoms with van der Waals surface area (Å²) in [7, 11) is 0. The lowest BCUT2D eigenvalue weighted by atomic mass is 10.2. The Morgan fingerprint density at radius 2 is 2.12 bits per heavy atom. The number of nitrogens with zero attached hydrogens (tertiary/aromatic N) is 1. The number of aldehydes is 1. The van der Waals surface area contributed by atoms with Crippen molar-refractivity contribution in [1.82, 2.24) is 10.6 Å². The van der Waals surface area contributed by atoms with E-state index in [1.807, 2.05) is 6.92 Å². The van der Waals surface area contributed by atoms with Crippen LogP contribution in [0.4, 0.5) is 5.69 Å². The van der Waals surface area contributed by atoms with E-state index in [-0.39, 0.29) is 22.9 Å². The molecule has 130 valence electrons. The first-order chi connectivity index (χ1) is 11.4. The van der Waals surface area contributed by atoms with E-state index in [0.717, 1.165) is 12.5 Å². The zero-order valence-electron chi connectivity index (χ0n) is 13.4. The van der Waals surface area contributed by atoms with Crippen LogP contribution in [0.1, 0.15) is 30.6 Å². The molecule has 1 rings (SSSR count). The van der Waals surface area contributed by atoms with Gasteiger partial charge >= 0.3 is 0 Å². The maximum Gasteiger partial charge on any atom is 0.270 e. The van der Waals surface area contributed by atoms with Crippen LogP contribution in [-0.2, 0) is 9.59 Å². The molecular weight excluding hydrogens is 318 g/mol. The number of hydrogen-bond donors (Lipinski definition) is 2. The molecule has 0 aliphatic rings. The molecule has 0 saturated carbocycles. The number of rotatable bonds is 9. The fourth-order valence-corrected chi connectivity index (χ4v) is 1.77. The van der Waals surface area contributed by atoms with E-state index in [1.165, 1.54) is 19.1 Å². The first-order valence-electron chi connectivity index (χ1n) is 7.32. The van der Waals surface area contributed by atoms with Crippen LogP contribution in [0.5, 0.6) is 5.75 Å². The number of benzene rings is 1. The van der Waals surface area contributed by atoms with Gasteiger partial charge in [0.1, 0.15) is 11.8 Å². The van der Waals surface area contributed by atoms with E-state index >= 15 is 0 Å². The number of hydrogen-bond acceptors (Lipinski definition) is 6. The van der Waals surface area contributed by atoms with Gasteiger partial charge in [-0.05, 0) is 19.4 Å². The summed E-state index contributed by atoms with van der Waals surface area (Å²) in [5.74, 6) is -0.813. The lowest BCUT2D eigenvalue weighted by Crippen LogP contribution is -2.46. The lowest BCUT2D eigenvalue weighted by molar-refractivity contribution is -0.384. The summed E-state index contributed by atoms with van der Waals surface area (Å²) < 4.78 is 5.19. The number of amides is 2. The molecule has 1 aromatic carbocycles. The SMILES string of the molecule is CCCNC(=O)[C@H](C)NC(=O)COc1ccc([N+](=O)[O-])cc1C=O. The molecule has 0 spiro atoms. The molecule has 9 heteroatoms. The Balaban J connectivity index is 2.59. The molecule has 0 aromatic heterocycles. The summed E-state index contributed by atoms with van der Waals surface area (Å²) in [6, 6.07) is 2.74. The van der Waals surface area contributed by atoms with Gasteiger partial charge in [-0.25, -0.2) is 0 Å². The second kappa shape index (κ2) is 9.23. The minimum atomic E-state index is -0.727. The highest BCUT2D eigenvalue weighted by atomic mass is 16.6. The molecular formula is C15H19N3O6. The number of nitrogens with one attached hydrogen (secondary N) is 2. The molecule has 0 radical (unpaired) electrons. The summed E-state index contributed by atoms with van der Waals surface area (Å²) in [5, 5.41) is 15.7. The van der Waals surface area contributed by atoms with Gasteiger partial charge in [-0.2, -0.15) is 0 Å². The minimum absolute atomic E-state index is 0.0364. The first kappa shape index (κ1) is 19.1. The highest BCUT2D eigenvalue weighted by Gasteiger charge is 2.16. The standard InChI is InChI=1S/C15H19N3O6/c1-3-6-16-15(21)10(2)17-14(20)9-24-13-5-4-12(18(22)23)7-11(13)8-19/h4-5,7-8,10H,3,6,9H2,1-2H3,(H,16,21)(H,17,20)/t10-/m0/s1. The van der Waals surface area contributed by atoms with E-state index < -0.39 is 23.5 Å². The Kier molecular flexibility index (Phi) is 7.34. The monoisotopic (exact) mass is 337 g/mol. The van der Waals surface area contributed by atoms with Gasteiger partial charge in [0.25, 0.3) is 11.6 Å². The number of ether oxygens (including phenoxy) is 1. The van der Waals surface area contributed by atoms with Gasteiger partial charge < -0.3 is 15.4 Å². The topological polar surface area (TPSA) is 128 Å². The Hall–Kier alpha value is -2.97. The van der Waals surface area contributed by atoms with E-state index in [9.17, 15) is 24.5 Å². The highest BCUT2D eigenvalue weighted by Crippen LogP contribution is 2.22. The zero-order valence-corrected chi connectivity index (χ0v) is 13.4. The Morgan fingerprint density at radius 1 is 1.42 bits per heavy atom. The van der Waals surface area contributed by atoms with Crippen LogP contribution < -0.4 is 15.4 Å². The third kappa shape index (κ3) is 5.67. The molecule has 0 aliphatic carbocycles. The minimum Gasteiger partial charge on any atom is -0.483 e. The fraction of sp³-hybridized carbons (Fsp3) is 0.400. The van der Waals surface area contributed by atoms with Crippen LogP contribution in [0, 0.1) is 10.1 Å². The molecule has 1 atom stereocenters. The summed E-state index contributed by atoms with van der Waals surface area (Å²) in [4.78, 5) is 44.4. The van der Waals surface area contributed by atoms with E-state index in [1.54, 1.807) is 0 Å².